The standard InChI is InChI=1S/C6H11N.2C2H6/c1-3-5-6-7-4-2;2*1-2/h3,5-6H,4H2,1-2H3;2*1-2H3/b5-3-,7-6?;;. The van der Waals surface area contributed by atoms with Gasteiger partial charge in [0.15, 0.2) is 0 Å². The van der Waals surface area contributed by atoms with Crippen LogP contribution in [-0.4, -0.2) is 12.8 Å². The molecular weight excluding hydrogens is 134 g/mol. The van der Waals surface area contributed by atoms with Crippen molar-refractivity contribution in [1.29, 1.82) is 0 Å². The third-order valence-corrected chi connectivity index (χ3v) is 0.566. The van der Waals surface area contributed by atoms with Gasteiger partial charge in [-0.3, -0.25) is 4.99 Å². The molecule has 0 unspecified atom stereocenters. The lowest BCUT2D eigenvalue weighted by molar-refractivity contribution is 1.14. The maximum atomic E-state index is 3.95. The second kappa shape index (κ2) is 34.2. The van der Waals surface area contributed by atoms with Gasteiger partial charge in [0.25, 0.3) is 0 Å². The predicted molar refractivity (Wildman–Crippen MR) is 56.5 cm³/mol. The Labute approximate surface area is 72.2 Å². The summed E-state index contributed by atoms with van der Waals surface area (Å²) < 4.78 is 0. The summed E-state index contributed by atoms with van der Waals surface area (Å²) in [6.07, 6.45) is 5.68. The quantitative estimate of drug-likeness (QED) is 0.542. The van der Waals surface area contributed by atoms with Gasteiger partial charge in [0.05, 0.1) is 0 Å². The first-order valence-electron chi connectivity index (χ1n) is 4.53. The molecule has 0 aromatic rings. The summed E-state index contributed by atoms with van der Waals surface area (Å²) in [4.78, 5) is 3.95. The fourth-order valence-electron chi connectivity index (χ4n) is 0.252. The van der Waals surface area contributed by atoms with E-state index in [1.54, 1.807) is 6.21 Å². The predicted octanol–water partition coefficient (Wildman–Crippen LogP) is 3.71. The van der Waals surface area contributed by atoms with Crippen LogP contribution in [0.4, 0.5) is 0 Å². The molecule has 68 valence electrons. The highest BCUT2D eigenvalue weighted by Gasteiger charge is 1.57. The summed E-state index contributed by atoms with van der Waals surface area (Å²) in [6.45, 7) is 12.9. The lowest BCUT2D eigenvalue weighted by Gasteiger charge is -1.72. The van der Waals surface area contributed by atoms with Crippen molar-refractivity contribution in [1.82, 2.24) is 0 Å². The molecule has 0 saturated heterocycles. The second-order valence-electron chi connectivity index (χ2n) is 1.17. The monoisotopic (exact) mass is 157 g/mol. The molecule has 0 fully saturated rings. The lowest BCUT2D eigenvalue weighted by Crippen LogP contribution is -1.66. The Bertz CT molecular complexity index is 72.9. The molecule has 1 nitrogen and oxygen atoms in total. The van der Waals surface area contributed by atoms with Crippen molar-refractivity contribution in [3.8, 4) is 0 Å². The molecule has 0 saturated carbocycles. The summed E-state index contributed by atoms with van der Waals surface area (Å²) in [5.41, 5.74) is 0. The van der Waals surface area contributed by atoms with Gasteiger partial charge < -0.3 is 0 Å². The highest BCUT2D eigenvalue weighted by atomic mass is 14.7. The molecule has 0 rings (SSSR count). The highest BCUT2D eigenvalue weighted by Crippen LogP contribution is 1.65. The molecular formula is C10H23N. The topological polar surface area (TPSA) is 12.4 Å². The van der Waals surface area contributed by atoms with Crippen LogP contribution in [0.25, 0.3) is 0 Å². The van der Waals surface area contributed by atoms with Gasteiger partial charge in [0, 0.05) is 12.8 Å². The Kier molecular flexibility index (Phi) is 52.2. The van der Waals surface area contributed by atoms with E-state index in [0.29, 0.717) is 0 Å². The van der Waals surface area contributed by atoms with Crippen LogP contribution in [0.5, 0.6) is 0 Å². The second-order valence-corrected chi connectivity index (χ2v) is 1.17. The van der Waals surface area contributed by atoms with E-state index in [9.17, 15) is 0 Å². The molecule has 0 heterocycles. The van der Waals surface area contributed by atoms with E-state index >= 15 is 0 Å². The first-order chi connectivity index (χ1) is 5.41. The minimum absolute atomic E-state index is 0.879. The molecule has 0 spiro atoms. The number of rotatable bonds is 2. The Morgan fingerprint density at radius 2 is 1.55 bits per heavy atom. The van der Waals surface area contributed by atoms with E-state index < -0.39 is 0 Å². The molecule has 1 heteroatoms. The van der Waals surface area contributed by atoms with Crippen LogP contribution in [0, 0.1) is 0 Å². The molecule has 0 atom stereocenters. The third kappa shape index (κ3) is 44.4. The van der Waals surface area contributed by atoms with Crippen LogP contribution in [0.1, 0.15) is 41.5 Å². The summed E-state index contributed by atoms with van der Waals surface area (Å²) in [7, 11) is 0. The van der Waals surface area contributed by atoms with Crippen molar-refractivity contribution in [2.75, 3.05) is 6.54 Å². The summed E-state index contributed by atoms with van der Waals surface area (Å²) >= 11 is 0. The van der Waals surface area contributed by atoms with Crippen molar-refractivity contribution in [3.05, 3.63) is 12.2 Å². The zero-order chi connectivity index (χ0) is 9.54. The molecule has 0 aliphatic rings. The van der Waals surface area contributed by atoms with E-state index in [-0.39, 0.29) is 0 Å². The minimum atomic E-state index is 0.879. The van der Waals surface area contributed by atoms with Crippen molar-refractivity contribution >= 4 is 6.21 Å². The fraction of sp³-hybridized carbons (Fsp3) is 0.700. The molecule has 0 aliphatic carbocycles. The van der Waals surface area contributed by atoms with Crippen LogP contribution in [0.3, 0.4) is 0 Å². The smallest absolute Gasteiger partial charge is 0.0360 e. The van der Waals surface area contributed by atoms with Crippen molar-refractivity contribution in [2.24, 2.45) is 4.99 Å². The van der Waals surface area contributed by atoms with E-state index in [1.165, 1.54) is 0 Å². The Morgan fingerprint density at radius 1 is 1.09 bits per heavy atom. The summed E-state index contributed by atoms with van der Waals surface area (Å²) in [6, 6.07) is 0. The van der Waals surface area contributed by atoms with Crippen LogP contribution in [0.15, 0.2) is 17.1 Å². The molecule has 0 amide bonds. The zero-order valence-electron chi connectivity index (χ0n) is 8.89. The number of nitrogens with zero attached hydrogens (tertiary/aromatic N) is 1. The normalized spacial score (nSPS) is 8.55. The van der Waals surface area contributed by atoms with Crippen molar-refractivity contribution in [3.63, 3.8) is 0 Å². The van der Waals surface area contributed by atoms with Crippen LogP contribution < -0.4 is 0 Å². The molecule has 0 aliphatic heterocycles. The first kappa shape index (κ1) is 16.8. The van der Waals surface area contributed by atoms with Gasteiger partial charge in [-0.15, -0.1) is 0 Å². The summed E-state index contributed by atoms with van der Waals surface area (Å²) in [5.74, 6) is 0. The molecule has 0 aromatic heterocycles. The van der Waals surface area contributed by atoms with Gasteiger partial charge in [-0.05, 0) is 19.9 Å². The van der Waals surface area contributed by atoms with Crippen LogP contribution in [-0.2, 0) is 0 Å². The third-order valence-electron chi connectivity index (χ3n) is 0.566. The van der Waals surface area contributed by atoms with Gasteiger partial charge in [-0.25, -0.2) is 0 Å². The molecule has 0 radical (unpaired) electrons. The Morgan fingerprint density at radius 3 is 1.82 bits per heavy atom. The first-order valence-corrected chi connectivity index (χ1v) is 4.53. The number of aliphatic imine (C=N–C) groups is 1. The molecule has 0 bridgehead atoms. The van der Waals surface area contributed by atoms with Gasteiger partial charge in [-0.2, -0.15) is 0 Å². The Balaban J connectivity index is -0.000000138. The van der Waals surface area contributed by atoms with Crippen molar-refractivity contribution in [2.45, 2.75) is 41.5 Å². The SMILES string of the molecule is C/C=C\C=NCC.CC.CC. The van der Waals surface area contributed by atoms with Gasteiger partial charge >= 0.3 is 0 Å². The van der Waals surface area contributed by atoms with Crippen LogP contribution >= 0.6 is 0 Å². The van der Waals surface area contributed by atoms with Crippen LogP contribution in [0.2, 0.25) is 0 Å². The van der Waals surface area contributed by atoms with E-state index in [0.717, 1.165) is 6.54 Å². The van der Waals surface area contributed by atoms with E-state index in [1.807, 2.05) is 53.7 Å². The van der Waals surface area contributed by atoms with Crippen molar-refractivity contribution < 1.29 is 0 Å². The van der Waals surface area contributed by atoms with E-state index in [4.69, 9.17) is 0 Å². The Hall–Kier alpha value is -0.590. The maximum Gasteiger partial charge on any atom is 0.0360 e. The highest BCUT2D eigenvalue weighted by molar-refractivity contribution is 5.70. The molecule has 0 aromatic carbocycles. The largest absolute Gasteiger partial charge is 0.293 e. The average molecular weight is 157 g/mol. The maximum absolute atomic E-state index is 3.95. The number of hydrogen-bond acceptors (Lipinski definition) is 1. The number of hydrogen-bond donors (Lipinski definition) is 0. The zero-order valence-corrected chi connectivity index (χ0v) is 8.89. The fourth-order valence-corrected chi connectivity index (χ4v) is 0.252. The average Bonchev–Trinajstić information content (AvgIpc) is 2.13. The number of allylic oxidation sites excluding steroid dienone is 2. The molecule has 11 heavy (non-hydrogen) atoms. The minimum Gasteiger partial charge on any atom is -0.293 e. The van der Waals surface area contributed by atoms with Gasteiger partial charge in [0.1, 0.15) is 0 Å². The van der Waals surface area contributed by atoms with Gasteiger partial charge in [0.2, 0.25) is 0 Å². The summed E-state index contributed by atoms with van der Waals surface area (Å²) in [5, 5.41) is 0. The van der Waals surface area contributed by atoms with E-state index in [2.05, 4.69) is 4.99 Å². The lowest BCUT2D eigenvalue weighted by atomic mass is 10.6. The molecule has 0 N–H and O–H groups in total. The van der Waals surface area contributed by atoms with Gasteiger partial charge in [-0.1, -0.05) is 33.8 Å².